The number of aromatic nitrogens is 1. The number of hydrogen-bond acceptors (Lipinski definition) is 2. The molecule has 17 heavy (non-hydrogen) atoms. The molecule has 0 aliphatic carbocycles. The highest BCUT2D eigenvalue weighted by Crippen LogP contribution is 2.21. The average Bonchev–Trinajstić information content (AvgIpc) is 2.26. The van der Waals surface area contributed by atoms with Gasteiger partial charge in [0.2, 0.25) is 0 Å². The summed E-state index contributed by atoms with van der Waals surface area (Å²) in [5.74, 6) is -0.923. The number of carboxylic acid groups (broad SMARTS) is 1. The molecule has 1 aromatic carbocycles. The van der Waals surface area contributed by atoms with Gasteiger partial charge in [0.05, 0.1) is 16.8 Å². The van der Waals surface area contributed by atoms with Gasteiger partial charge in [-0.3, -0.25) is 0 Å². The summed E-state index contributed by atoms with van der Waals surface area (Å²) in [7, 11) is 0. The first-order chi connectivity index (χ1) is 7.99. The largest absolute Gasteiger partial charge is 0.478 e. The summed E-state index contributed by atoms with van der Waals surface area (Å²) in [6.07, 6.45) is 0. The Bertz CT molecular complexity index is 629. The Hall–Kier alpha value is -2.16. The van der Waals surface area contributed by atoms with Crippen molar-refractivity contribution in [3.05, 3.63) is 47.7 Å². The number of allylic oxidation sites excluding steroid dienone is 1. The second kappa shape index (κ2) is 4.01. The molecule has 3 heteroatoms. The van der Waals surface area contributed by atoms with E-state index in [4.69, 9.17) is 5.11 Å². The molecule has 2 aromatic rings. The SMILES string of the molecule is C=C(C)c1nc2ccc(C(=O)O)cc2cc1C. The van der Waals surface area contributed by atoms with Crippen LogP contribution >= 0.6 is 0 Å². The number of carbonyl (C=O) groups is 1. The van der Waals surface area contributed by atoms with E-state index in [1.165, 1.54) is 0 Å². The smallest absolute Gasteiger partial charge is 0.335 e. The fourth-order valence-electron chi connectivity index (χ4n) is 1.85. The molecule has 0 saturated heterocycles. The van der Waals surface area contributed by atoms with Crippen LogP contribution in [0.15, 0.2) is 30.8 Å². The molecule has 1 N–H and O–H groups in total. The van der Waals surface area contributed by atoms with Gasteiger partial charge in [0.1, 0.15) is 0 Å². The lowest BCUT2D eigenvalue weighted by atomic mass is 10.0. The number of nitrogens with zero attached hydrogens (tertiary/aromatic N) is 1. The van der Waals surface area contributed by atoms with Crippen LogP contribution in [-0.2, 0) is 0 Å². The molecule has 0 saturated carbocycles. The maximum Gasteiger partial charge on any atom is 0.335 e. The Kier molecular flexibility index (Phi) is 2.68. The molecule has 0 atom stereocenters. The van der Waals surface area contributed by atoms with Gasteiger partial charge in [0.25, 0.3) is 0 Å². The van der Waals surface area contributed by atoms with Crippen molar-refractivity contribution in [1.29, 1.82) is 0 Å². The quantitative estimate of drug-likeness (QED) is 0.856. The van der Waals surface area contributed by atoms with Crippen molar-refractivity contribution in [3.63, 3.8) is 0 Å². The number of carboxylic acids is 1. The number of hydrogen-bond donors (Lipinski definition) is 1. The van der Waals surface area contributed by atoms with Crippen LogP contribution in [-0.4, -0.2) is 16.1 Å². The van der Waals surface area contributed by atoms with Crippen molar-refractivity contribution >= 4 is 22.4 Å². The van der Waals surface area contributed by atoms with Crippen molar-refractivity contribution in [3.8, 4) is 0 Å². The molecular formula is C14H13NO2. The number of fused-ring (bicyclic) bond motifs is 1. The first-order valence-electron chi connectivity index (χ1n) is 5.29. The van der Waals surface area contributed by atoms with Crippen LogP contribution in [0.5, 0.6) is 0 Å². The van der Waals surface area contributed by atoms with Crippen LogP contribution < -0.4 is 0 Å². The van der Waals surface area contributed by atoms with Crippen LogP contribution in [0.3, 0.4) is 0 Å². The standard InChI is InChI=1S/C14H13NO2/c1-8(2)13-9(3)6-11-7-10(14(16)17)4-5-12(11)15-13/h4-7H,1H2,2-3H3,(H,16,17). The predicted octanol–water partition coefficient (Wildman–Crippen LogP) is 3.27. The fraction of sp³-hybridized carbons (Fsp3) is 0.143. The van der Waals surface area contributed by atoms with Gasteiger partial charge in [0, 0.05) is 5.39 Å². The van der Waals surface area contributed by atoms with Crippen LogP contribution in [0.25, 0.3) is 16.5 Å². The maximum atomic E-state index is 10.9. The lowest BCUT2D eigenvalue weighted by Gasteiger charge is -2.07. The third-order valence-corrected chi connectivity index (χ3v) is 2.66. The zero-order chi connectivity index (χ0) is 12.6. The van der Waals surface area contributed by atoms with E-state index in [2.05, 4.69) is 11.6 Å². The molecule has 86 valence electrons. The highest BCUT2D eigenvalue weighted by Gasteiger charge is 2.07. The second-order valence-electron chi connectivity index (χ2n) is 4.15. The number of aromatic carboxylic acids is 1. The average molecular weight is 227 g/mol. The van der Waals surface area contributed by atoms with Gasteiger partial charge in [-0.15, -0.1) is 0 Å². The lowest BCUT2D eigenvalue weighted by Crippen LogP contribution is -1.97. The Morgan fingerprint density at radius 3 is 2.65 bits per heavy atom. The van der Waals surface area contributed by atoms with Crippen LogP contribution in [0.2, 0.25) is 0 Å². The molecule has 1 heterocycles. The van der Waals surface area contributed by atoms with Gasteiger partial charge < -0.3 is 5.11 Å². The molecule has 0 bridgehead atoms. The Labute approximate surface area is 99.4 Å². The Morgan fingerprint density at radius 1 is 1.35 bits per heavy atom. The monoisotopic (exact) mass is 227 g/mol. The first-order valence-corrected chi connectivity index (χ1v) is 5.29. The van der Waals surface area contributed by atoms with Crippen LogP contribution in [0, 0.1) is 6.92 Å². The van der Waals surface area contributed by atoms with Crippen molar-refractivity contribution in [1.82, 2.24) is 4.98 Å². The molecule has 1 aromatic heterocycles. The zero-order valence-electron chi connectivity index (χ0n) is 9.82. The summed E-state index contributed by atoms with van der Waals surface area (Å²) in [6.45, 7) is 7.74. The summed E-state index contributed by atoms with van der Waals surface area (Å²) in [5, 5.41) is 9.76. The molecule has 0 fully saturated rings. The van der Waals surface area contributed by atoms with Gasteiger partial charge in [0.15, 0.2) is 0 Å². The molecule has 0 amide bonds. The normalized spacial score (nSPS) is 10.5. The molecule has 0 radical (unpaired) electrons. The fourth-order valence-corrected chi connectivity index (χ4v) is 1.85. The summed E-state index contributed by atoms with van der Waals surface area (Å²) >= 11 is 0. The number of aryl methyl sites for hydroxylation is 1. The third kappa shape index (κ3) is 2.04. The van der Waals surface area contributed by atoms with Crippen molar-refractivity contribution in [2.45, 2.75) is 13.8 Å². The third-order valence-electron chi connectivity index (χ3n) is 2.66. The molecular weight excluding hydrogens is 214 g/mol. The zero-order valence-corrected chi connectivity index (χ0v) is 9.82. The summed E-state index contributed by atoms with van der Waals surface area (Å²) in [6, 6.07) is 6.87. The highest BCUT2D eigenvalue weighted by molar-refractivity contribution is 5.93. The van der Waals surface area contributed by atoms with Gasteiger partial charge in [-0.1, -0.05) is 6.58 Å². The lowest BCUT2D eigenvalue weighted by molar-refractivity contribution is 0.0697. The summed E-state index contributed by atoms with van der Waals surface area (Å²) in [4.78, 5) is 15.4. The van der Waals surface area contributed by atoms with Crippen molar-refractivity contribution < 1.29 is 9.90 Å². The molecule has 2 rings (SSSR count). The van der Waals surface area contributed by atoms with E-state index in [1.807, 2.05) is 19.9 Å². The van der Waals surface area contributed by atoms with Gasteiger partial charge in [-0.05, 0) is 49.2 Å². The molecule has 0 aliphatic rings. The van der Waals surface area contributed by atoms with Crippen LogP contribution in [0.4, 0.5) is 0 Å². The molecule has 0 unspecified atom stereocenters. The first kappa shape index (κ1) is 11.3. The number of rotatable bonds is 2. The van der Waals surface area contributed by atoms with Crippen molar-refractivity contribution in [2.75, 3.05) is 0 Å². The van der Waals surface area contributed by atoms with E-state index in [-0.39, 0.29) is 5.56 Å². The Balaban J connectivity index is 2.70. The second-order valence-corrected chi connectivity index (χ2v) is 4.15. The Morgan fingerprint density at radius 2 is 2.06 bits per heavy atom. The van der Waals surface area contributed by atoms with Crippen LogP contribution in [0.1, 0.15) is 28.5 Å². The highest BCUT2D eigenvalue weighted by atomic mass is 16.4. The summed E-state index contributed by atoms with van der Waals surface area (Å²) in [5.41, 5.74) is 3.86. The minimum absolute atomic E-state index is 0.279. The van der Waals surface area contributed by atoms with Gasteiger partial charge >= 0.3 is 5.97 Å². The molecule has 3 nitrogen and oxygen atoms in total. The van der Waals surface area contributed by atoms with E-state index in [1.54, 1.807) is 18.2 Å². The number of benzene rings is 1. The van der Waals surface area contributed by atoms with Gasteiger partial charge in [-0.2, -0.15) is 0 Å². The van der Waals surface area contributed by atoms with Crippen molar-refractivity contribution in [2.24, 2.45) is 0 Å². The van der Waals surface area contributed by atoms with E-state index in [0.29, 0.717) is 0 Å². The predicted molar refractivity (Wildman–Crippen MR) is 68.1 cm³/mol. The van der Waals surface area contributed by atoms with E-state index >= 15 is 0 Å². The minimum Gasteiger partial charge on any atom is -0.478 e. The van der Waals surface area contributed by atoms with E-state index < -0.39 is 5.97 Å². The molecule has 0 aliphatic heterocycles. The van der Waals surface area contributed by atoms with E-state index in [9.17, 15) is 4.79 Å². The maximum absolute atomic E-state index is 10.9. The topological polar surface area (TPSA) is 50.2 Å². The van der Waals surface area contributed by atoms with Gasteiger partial charge in [-0.25, -0.2) is 9.78 Å². The van der Waals surface area contributed by atoms with E-state index in [0.717, 1.165) is 27.7 Å². The molecule has 0 spiro atoms. The minimum atomic E-state index is -0.923. The number of pyridine rings is 1. The summed E-state index contributed by atoms with van der Waals surface area (Å²) < 4.78 is 0.